The molecular formula is C18H19N. The van der Waals surface area contributed by atoms with Gasteiger partial charge in [0.2, 0.25) is 0 Å². The van der Waals surface area contributed by atoms with E-state index in [0.29, 0.717) is 0 Å². The summed E-state index contributed by atoms with van der Waals surface area (Å²) in [6.07, 6.45) is 5.49. The van der Waals surface area contributed by atoms with Crippen molar-refractivity contribution in [2.75, 3.05) is 0 Å². The van der Waals surface area contributed by atoms with Gasteiger partial charge in [-0.15, -0.1) is 0 Å². The fraction of sp³-hybridized carbons (Fsp3) is 0.222. The van der Waals surface area contributed by atoms with Gasteiger partial charge in [0.25, 0.3) is 0 Å². The third kappa shape index (κ3) is 2.61. The molecular weight excluding hydrogens is 230 g/mol. The summed E-state index contributed by atoms with van der Waals surface area (Å²) in [5.74, 6) is 0. The summed E-state index contributed by atoms with van der Waals surface area (Å²) in [5.41, 5.74) is 11.8. The van der Waals surface area contributed by atoms with E-state index >= 15 is 0 Å². The van der Waals surface area contributed by atoms with Crippen LogP contribution in [0, 0.1) is 0 Å². The van der Waals surface area contributed by atoms with Gasteiger partial charge in [0.15, 0.2) is 0 Å². The van der Waals surface area contributed by atoms with Gasteiger partial charge in [0, 0.05) is 6.04 Å². The Bertz CT molecular complexity index is 584. The van der Waals surface area contributed by atoms with Crippen LogP contribution in [-0.4, -0.2) is 0 Å². The minimum absolute atomic E-state index is 0.134. The molecule has 0 aromatic heterocycles. The number of benzene rings is 2. The highest BCUT2D eigenvalue weighted by molar-refractivity contribution is 5.72. The second kappa shape index (κ2) is 5.41. The van der Waals surface area contributed by atoms with Gasteiger partial charge < -0.3 is 5.73 Å². The summed E-state index contributed by atoms with van der Waals surface area (Å²) in [7, 11) is 0. The van der Waals surface area contributed by atoms with Crippen LogP contribution in [0.2, 0.25) is 0 Å². The Morgan fingerprint density at radius 2 is 1.68 bits per heavy atom. The summed E-state index contributed by atoms with van der Waals surface area (Å²) in [4.78, 5) is 0. The van der Waals surface area contributed by atoms with Crippen molar-refractivity contribution in [1.29, 1.82) is 0 Å². The average Bonchev–Trinajstić information content (AvgIpc) is 2.89. The van der Waals surface area contributed by atoms with E-state index in [9.17, 15) is 0 Å². The van der Waals surface area contributed by atoms with Gasteiger partial charge in [0.05, 0.1) is 0 Å². The lowest BCUT2D eigenvalue weighted by molar-refractivity contribution is 0.667. The summed E-state index contributed by atoms with van der Waals surface area (Å²) in [6.45, 7) is 0. The van der Waals surface area contributed by atoms with Crippen molar-refractivity contribution < 1.29 is 0 Å². The molecule has 0 radical (unpaired) electrons. The van der Waals surface area contributed by atoms with Gasteiger partial charge in [-0.25, -0.2) is 0 Å². The van der Waals surface area contributed by atoms with Gasteiger partial charge in [-0.1, -0.05) is 60.7 Å². The first-order valence-corrected chi connectivity index (χ1v) is 6.92. The zero-order valence-corrected chi connectivity index (χ0v) is 11.0. The van der Waals surface area contributed by atoms with Crippen LogP contribution in [0.4, 0.5) is 0 Å². The van der Waals surface area contributed by atoms with E-state index in [2.05, 4.69) is 54.6 Å². The molecule has 0 amide bonds. The molecule has 3 rings (SSSR count). The number of fused-ring (bicyclic) bond motifs is 1. The van der Waals surface area contributed by atoms with E-state index in [1.165, 1.54) is 22.3 Å². The van der Waals surface area contributed by atoms with Crippen LogP contribution in [0.25, 0.3) is 5.57 Å². The van der Waals surface area contributed by atoms with Gasteiger partial charge in [-0.3, -0.25) is 0 Å². The van der Waals surface area contributed by atoms with E-state index in [0.717, 1.165) is 19.3 Å². The summed E-state index contributed by atoms with van der Waals surface area (Å²) in [5, 5.41) is 0. The Hall–Kier alpha value is -1.86. The largest absolute Gasteiger partial charge is 0.324 e. The fourth-order valence-electron chi connectivity index (χ4n) is 2.77. The molecule has 0 fully saturated rings. The molecule has 1 atom stereocenters. The molecule has 2 N–H and O–H groups in total. The molecule has 96 valence electrons. The minimum Gasteiger partial charge on any atom is -0.324 e. The predicted molar refractivity (Wildman–Crippen MR) is 80.7 cm³/mol. The standard InChI is InChI=1S/C18H19N/c19-18(16-7-2-1-3-8-16)13-12-15-11-10-14-6-4-5-9-17(14)15/h1-9,11,18H,10,12-13,19H2. The maximum atomic E-state index is 6.27. The van der Waals surface area contributed by atoms with Crippen molar-refractivity contribution in [2.45, 2.75) is 25.3 Å². The van der Waals surface area contributed by atoms with Crippen LogP contribution in [0.15, 0.2) is 60.7 Å². The quantitative estimate of drug-likeness (QED) is 0.867. The molecule has 0 heterocycles. The second-order valence-corrected chi connectivity index (χ2v) is 5.15. The smallest absolute Gasteiger partial charge is 0.0298 e. The number of nitrogens with two attached hydrogens (primary N) is 1. The lowest BCUT2D eigenvalue weighted by Crippen LogP contribution is -2.09. The van der Waals surface area contributed by atoms with Gasteiger partial charge in [-0.2, -0.15) is 0 Å². The molecule has 0 aliphatic heterocycles. The molecule has 1 aliphatic rings. The number of hydrogen-bond donors (Lipinski definition) is 1. The first kappa shape index (κ1) is 12.2. The molecule has 2 aromatic rings. The van der Waals surface area contributed by atoms with Crippen molar-refractivity contribution in [1.82, 2.24) is 0 Å². The number of hydrogen-bond acceptors (Lipinski definition) is 1. The Morgan fingerprint density at radius 1 is 0.947 bits per heavy atom. The highest BCUT2D eigenvalue weighted by Gasteiger charge is 2.14. The summed E-state index contributed by atoms with van der Waals surface area (Å²) < 4.78 is 0. The van der Waals surface area contributed by atoms with E-state index in [1.807, 2.05) is 6.07 Å². The molecule has 0 bridgehead atoms. The maximum Gasteiger partial charge on any atom is 0.0298 e. The predicted octanol–water partition coefficient (Wildman–Crippen LogP) is 4.11. The minimum atomic E-state index is 0.134. The Balaban J connectivity index is 1.65. The molecule has 1 unspecified atom stereocenters. The average molecular weight is 249 g/mol. The molecule has 19 heavy (non-hydrogen) atoms. The SMILES string of the molecule is NC(CCC1=CCc2ccccc21)c1ccccc1. The van der Waals surface area contributed by atoms with Crippen molar-refractivity contribution in [2.24, 2.45) is 5.73 Å². The number of rotatable bonds is 4. The highest BCUT2D eigenvalue weighted by atomic mass is 14.6. The van der Waals surface area contributed by atoms with E-state index in [4.69, 9.17) is 5.73 Å². The number of allylic oxidation sites excluding steroid dienone is 2. The van der Waals surface area contributed by atoms with E-state index in [1.54, 1.807) is 0 Å². The Morgan fingerprint density at radius 3 is 2.53 bits per heavy atom. The topological polar surface area (TPSA) is 26.0 Å². The van der Waals surface area contributed by atoms with Crippen LogP contribution >= 0.6 is 0 Å². The normalized spacial score (nSPS) is 14.9. The van der Waals surface area contributed by atoms with Gasteiger partial charge in [0.1, 0.15) is 0 Å². The van der Waals surface area contributed by atoms with E-state index < -0.39 is 0 Å². The van der Waals surface area contributed by atoms with Crippen molar-refractivity contribution in [3.8, 4) is 0 Å². The van der Waals surface area contributed by atoms with Crippen LogP contribution in [0.5, 0.6) is 0 Å². The lowest BCUT2D eigenvalue weighted by atomic mass is 9.97. The monoisotopic (exact) mass is 249 g/mol. The molecule has 2 aromatic carbocycles. The Kier molecular flexibility index (Phi) is 3.47. The highest BCUT2D eigenvalue weighted by Crippen LogP contribution is 2.32. The summed E-state index contributed by atoms with van der Waals surface area (Å²) >= 11 is 0. The van der Waals surface area contributed by atoms with Crippen molar-refractivity contribution in [3.05, 3.63) is 77.4 Å². The van der Waals surface area contributed by atoms with Crippen molar-refractivity contribution in [3.63, 3.8) is 0 Å². The zero-order valence-electron chi connectivity index (χ0n) is 11.0. The van der Waals surface area contributed by atoms with Gasteiger partial charge >= 0.3 is 0 Å². The molecule has 1 heteroatoms. The molecule has 0 saturated heterocycles. The third-order valence-corrected chi connectivity index (χ3v) is 3.88. The summed E-state index contributed by atoms with van der Waals surface area (Å²) in [6, 6.07) is 19.2. The van der Waals surface area contributed by atoms with Crippen LogP contribution in [-0.2, 0) is 6.42 Å². The second-order valence-electron chi connectivity index (χ2n) is 5.15. The maximum absolute atomic E-state index is 6.27. The van der Waals surface area contributed by atoms with Crippen LogP contribution in [0.3, 0.4) is 0 Å². The molecule has 1 aliphatic carbocycles. The fourth-order valence-corrected chi connectivity index (χ4v) is 2.77. The van der Waals surface area contributed by atoms with Crippen LogP contribution in [0.1, 0.15) is 35.6 Å². The van der Waals surface area contributed by atoms with Crippen molar-refractivity contribution >= 4 is 5.57 Å². The molecule has 0 saturated carbocycles. The lowest BCUT2D eigenvalue weighted by Gasteiger charge is -2.13. The molecule has 0 spiro atoms. The third-order valence-electron chi connectivity index (χ3n) is 3.88. The van der Waals surface area contributed by atoms with Gasteiger partial charge in [-0.05, 0) is 41.5 Å². The molecule has 1 nitrogen and oxygen atoms in total. The first-order chi connectivity index (χ1) is 9.34. The van der Waals surface area contributed by atoms with Crippen LogP contribution < -0.4 is 5.73 Å². The van der Waals surface area contributed by atoms with E-state index in [-0.39, 0.29) is 6.04 Å². The Labute approximate surface area is 114 Å². The zero-order chi connectivity index (χ0) is 13.1. The first-order valence-electron chi connectivity index (χ1n) is 6.92.